The number of pyridine rings is 1. The van der Waals surface area contributed by atoms with Crippen molar-refractivity contribution in [2.75, 3.05) is 0 Å². The first kappa shape index (κ1) is 22.1. The van der Waals surface area contributed by atoms with Crippen molar-refractivity contribution in [3.05, 3.63) is 35.0 Å². The predicted molar refractivity (Wildman–Crippen MR) is 95.0 cm³/mol. The van der Waals surface area contributed by atoms with Crippen LogP contribution in [-0.4, -0.2) is 27.3 Å². The van der Waals surface area contributed by atoms with Crippen LogP contribution in [0.5, 0.6) is 5.75 Å². The minimum Gasteiger partial charge on any atom is -0.431 e. The van der Waals surface area contributed by atoms with E-state index in [4.69, 9.17) is 0 Å². The van der Waals surface area contributed by atoms with Gasteiger partial charge in [-0.25, -0.2) is 9.97 Å². The average molecular weight is 405 g/mol. The maximum absolute atomic E-state index is 13.2. The third-order valence-electron chi connectivity index (χ3n) is 4.66. The van der Waals surface area contributed by atoms with E-state index in [1.165, 1.54) is 12.3 Å². The van der Waals surface area contributed by atoms with Crippen LogP contribution in [0.15, 0.2) is 12.3 Å². The van der Waals surface area contributed by atoms with Crippen LogP contribution in [-0.2, 0) is 19.3 Å². The molecule has 0 fully saturated rings. The van der Waals surface area contributed by atoms with E-state index in [0.717, 1.165) is 25.2 Å². The standard InChI is InChI=1S/C19H24F5N3O/c1-6-13-11(3)27(15(7-2)26-13)16-14(28-17(20)21)8-12(10-25-16)9-18(4,5)19(22,23)24/h8,10,17H,6-7,9H2,1-5H3. The summed E-state index contributed by atoms with van der Waals surface area (Å²) in [5, 5.41) is 0. The van der Waals surface area contributed by atoms with E-state index in [2.05, 4.69) is 14.7 Å². The molecule has 0 saturated heterocycles. The summed E-state index contributed by atoms with van der Waals surface area (Å²) in [5.41, 5.74) is -0.348. The number of nitrogens with zero attached hydrogens (tertiary/aromatic N) is 3. The molecule has 0 aliphatic rings. The van der Waals surface area contributed by atoms with E-state index in [0.29, 0.717) is 18.7 Å². The van der Waals surface area contributed by atoms with Crippen molar-refractivity contribution in [2.24, 2.45) is 5.41 Å². The van der Waals surface area contributed by atoms with Crippen LogP contribution in [0.2, 0.25) is 0 Å². The van der Waals surface area contributed by atoms with Crippen LogP contribution in [0.1, 0.15) is 50.5 Å². The molecule has 0 N–H and O–H groups in total. The Morgan fingerprint density at radius 2 is 1.79 bits per heavy atom. The molecule has 0 aliphatic heterocycles. The molecule has 2 heterocycles. The molecule has 0 unspecified atom stereocenters. The molecule has 0 amide bonds. The molecule has 0 aliphatic carbocycles. The first-order valence-corrected chi connectivity index (χ1v) is 8.99. The van der Waals surface area contributed by atoms with Crippen molar-refractivity contribution in [3.8, 4) is 11.6 Å². The molecule has 2 rings (SSSR count). The molecule has 0 saturated carbocycles. The number of hydrogen-bond donors (Lipinski definition) is 0. The van der Waals surface area contributed by atoms with Gasteiger partial charge in [0.25, 0.3) is 0 Å². The minimum atomic E-state index is -4.44. The second-order valence-electron chi connectivity index (χ2n) is 7.20. The number of halogens is 5. The Morgan fingerprint density at radius 1 is 1.14 bits per heavy atom. The Hall–Kier alpha value is -2.19. The van der Waals surface area contributed by atoms with Gasteiger partial charge in [0, 0.05) is 18.3 Å². The monoisotopic (exact) mass is 405 g/mol. The fourth-order valence-electron chi connectivity index (χ4n) is 3.00. The molecule has 4 nitrogen and oxygen atoms in total. The fourth-order valence-corrected chi connectivity index (χ4v) is 3.00. The summed E-state index contributed by atoms with van der Waals surface area (Å²) in [4.78, 5) is 8.67. The van der Waals surface area contributed by atoms with E-state index in [1.54, 1.807) is 11.5 Å². The number of alkyl halides is 5. The molecule has 2 aromatic heterocycles. The Balaban J connectivity index is 2.57. The molecule has 156 valence electrons. The number of imidazole rings is 1. The summed E-state index contributed by atoms with van der Waals surface area (Å²) < 4.78 is 71.7. The molecular formula is C19H24F5N3O. The quantitative estimate of drug-likeness (QED) is 0.577. The van der Waals surface area contributed by atoms with Crippen molar-refractivity contribution in [3.63, 3.8) is 0 Å². The van der Waals surface area contributed by atoms with Crippen molar-refractivity contribution >= 4 is 0 Å². The Kier molecular flexibility index (Phi) is 6.35. The van der Waals surface area contributed by atoms with Crippen LogP contribution >= 0.6 is 0 Å². The number of aryl methyl sites for hydroxylation is 2. The molecule has 28 heavy (non-hydrogen) atoms. The van der Waals surface area contributed by atoms with Crippen LogP contribution in [0.25, 0.3) is 5.82 Å². The van der Waals surface area contributed by atoms with Gasteiger partial charge in [0.1, 0.15) is 5.82 Å². The smallest absolute Gasteiger partial charge is 0.394 e. The lowest BCUT2D eigenvalue weighted by Crippen LogP contribution is -2.34. The second kappa shape index (κ2) is 8.05. The number of ether oxygens (including phenoxy) is 1. The van der Waals surface area contributed by atoms with Crippen molar-refractivity contribution in [1.29, 1.82) is 0 Å². The highest BCUT2D eigenvalue weighted by Gasteiger charge is 2.47. The summed E-state index contributed by atoms with van der Waals surface area (Å²) in [5.74, 6) is 0.433. The Labute approximate surface area is 160 Å². The second-order valence-corrected chi connectivity index (χ2v) is 7.20. The maximum Gasteiger partial charge on any atom is 0.394 e. The number of aromatic nitrogens is 3. The predicted octanol–water partition coefficient (Wildman–Crippen LogP) is 5.43. The van der Waals surface area contributed by atoms with Gasteiger partial charge in [-0.2, -0.15) is 22.0 Å². The SMILES string of the molecule is CCc1nc(CC)n(-c2ncc(CC(C)(C)C(F)(F)F)cc2OC(F)F)c1C. The summed E-state index contributed by atoms with van der Waals surface area (Å²) in [6.45, 7) is 4.55. The Bertz CT molecular complexity index is 828. The van der Waals surface area contributed by atoms with E-state index in [1.807, 2.05) is 13.8 Å². The van der Waals surface area contributed by atoms with Crippen LogP contribution in [0, 0.1) is 12.3 Å². The van der Waals surface area contributed by atoms with Crippen molar-refractivity contribution < 1.29 is 26.7 Å². The summed E-state index contributed by atoms with van der Waals surface area (Å²) in [7, 11) is 0. The average Bonchev–Trinajstić information content (AvgIpc) is 2.89. The molecule has 0 aromatic carbocycles. The third kappa shape index (κ3) is 4.44. The zero-order chi connectivity index (χ0) is 21.3. The first-order valence-electron chi connectivity index (χ1n) is 8.99. The van der Waals surface area contributed by atoms with E-state index in [9.17, 15) is 22.0 Å². The molecule has 2 aromatic rings. The van der Waals surface area contributed by atoms with E-state index in [-0.39, 0.29) is 17.1 Å². The van der Waals surface area contributed by atoms with Crippen LogP contribution in [0.4, 0.5) is 22.0 Å². The third-order valence-corrected chi connectivity index (χ3v) is 4.66. The molecule has 0 atom stereocenters. The van der Waals surface area contributed by atoms with Gasteiger partial charge in [-0.3, -0.25) is 4.57 Å². The number of hydrogen-bond acceptors (Lipinski definition) is 3. The molecule has 0 radical (unpaired) electrons. The lowest BCUT2D eigenvalue weighted by molar-refractivity contribution is -0.211. The summed E-state index contributed by atoms with van der Waals surface area (Å²) in [6.07, 6.45) is -2.41. The summed E-state index contributed by atoms with van der Waals surface area (Å²) >= 11 is 0. The zero-order valence-electron chi connectivity index (χ0n) is 16.5. The van der Waals surface area contributed by atoms with Crippen molar-refractivity contribution in [2.45, 2.75) is 66.7 Å². The zero-order valence-corrected chi connectivity index (χ0v) is 16.5. The van der Waals surface area contributed by atoms with Gasteiger partial charge in [-0.05, 0) is 31.4 Å². The van der Waals surface area contributed by atoms with E-state index < -0.39 is 24.6 Å². The fraction of sp³-hybridized carbons (Fsp3) is 0.579. The molecule has 0 spiro atoms. The first-order chi connectivity index (χ1) is 12.9. The van der Waals surface area contributed by atoms with Gasteiger partial charge in [-0.15, -0.1) is 0 Å². The van der Waals surface area contributed by atoms with Crippen LogP contribution in [0.3, 0.4) is 0 Å². The van der Waals surface area contributed by atoms with Gasteiger partial charge in [0.15, 0.2) is 11.6 Å². The lowest BCUT2D eigenvalue weighted by atomic mass is 9.85. The molecule has 0 bridgehead atoms. The van der Waals surface area contributed by atoms with Gasteiger partial charge < -0.3 is 4.74 Å². The number of rotatable bonds is 7. The topological polar surface area (TPSA) is 39.9 Å². The van der Waals surface area contributed by atoms with Crippen molar-refractivity contribution in [1.82, 2.24) is 14.5 Å². The maximum atomic E-state index is 13.2. The molecule has 9 heteroatoms. The van der Waals surface area contributed by atoms with Crippen LogP contribution < -0.4 is 4.74 Å². The Morgan fingerprint density at radius 3 is 2.29 bits per heavy atom. The summed E-state index contributed by atoms with van der Waals surface area (Å²) in [6, 6.07) is 1.20. The minimum absolute atomic E-state index is 0.0930. The lowest BCUT2D eigenvalue weighted by Gasteiger charge is -2.28. The normalized spacial score (nSPS) is 12.7. The highest BCUT2D eigenvalue weighted by atomic mass is 19.4. The highest BCUT2D eigenvalue weighted by Crippen LogP contribution is 2.41. The van der Waals surface area contributed by atoms with Gasteiger partial charge in [-0.1, -0.05) is 27.7 Å². The highest BCUT2D eigenvalue weighted by molar-refractivity contribution is 5.46. The van der Waals surface area contributed by atoms with Gasteiger partial charge in [0.2, 0.25) is 0 Å². The van der Waals surface area contributed by atoms with E-state index >= 15 is 0 Å². The van der Waals surface area contributed by atoms with Gasteiger partial charge in [0.05, 0.1) is 11.1 Å². The van der Waals surface area contributed by atoms with Gasteiger partial charge >= 0.3 is 12.8 Å². The molecular weight excluding hydrogens is 381 g/mol. The largest absolute Gasteiger partial charge is 0.431 e.